The van der Waals surface area contributed by atoms with Gasteiger partial charge in [0.2, 0.25) is 5.91 Å². The number of benzene rings is 1. The zero-order chi connectivity index (χ0) is 16.5. The van der Waals surface area contributed by atoms with E-state index in [1.807, 2.05) is 36.4 Å². The normalized spacial score (nSPS) is 16.8. The van der Waals surface area contributed by atoms with Crippen molar-refractivity contribution in [3.8, 4) is 10.8 Å². The molecule has 8 heteroatoms. The zero-order valence-corrected chi connectivity index (χ0v) is 13.4. The van der Waals surface area contributed by atoms with Crippen LogP contribution in [0.1, 0.15) is 5.76 Å². The van der Waals surface area contributed by atoms with E-state index in [9.17, 15) is 9.59 Å². The molecule has 1 unspecified atom stereocenters. The molecule has 24 heavy (non-hydrogen) atoms. The molecule has 3 N–H and O–H groups in total. The van der Waals surface area contributed by atoms with Gasteiger partial charge in [0, 0.05) is 6.54 Å². The fourth-order valence-corrected chi connectivity index (χ4v) is 3.40. The molecule has 3 amide bonds. The SMILES string of the molecule is O=C1NCC(C(=O)NCc2ccc(-c3nc4ccccc4s3)o2)N1. The van der Waals surface area contributed by atoms with Gasteiger partial charge < -0.3 is 20.4 Å². The Balaban J connectivity index is 1.43. The molecule has 0 bridgehead atoms. The highest BCUT2D eigenvalue weighted by molar-refractivity contribution is 7.21. The summed E-state index contributed by atoms with van der Waals surface area (Å²) in [5.74, 6) is 1.07. The maximum Gasteiger partial charge on any atom is 0.315 e. The molecule has 0 radical (unpaired) electrons. The number of hydrogen-bond donors (Lipinski definition) is 3. The molecule has 0 spiro atoms. The van der Waals surface area contributed by atoms with Crippen LogP contribution in [0.3, 0.4) is 0 Å². The fourth-order valence-electron chi connectivity index (χ4n) is 2.48. The third-order valence-corrected chi connectivity index (χ3v) is 4.74. The second kappa shape index (κ2) is 5.97. The molecule has 1 aromatic carbocycles. The van der Waals surface area contributed by atoms with Crippen molar-refractivity contribution in [3.63, 3.8) is 0 Å². The fraction of sp³-hybridized carbons (Fsp3) is 0.188. The molecule has 1 fully saturated rings. The summed E-state index contributed by atoms with van der Waals surface area (Å²) in [4.78, 5) is 27.5. The molecule has 0 saturated carbocycles. The van der Waals surface area contributed by atoms with Gasteiger partial charge in [-0.3, -0.25) is 4.79 Å². The number of nitrogens with zero attached hydrogens (tertiary/aromatic N) is 1. The molecule has 3 aromatic rings. The summed E-state index contributed by atoms with van der Waals surface area (Å²) in [5, 5.41) is 8.64. The Morgan fingerprint density at radius 1 is 1.33 bits per heavy atom. The summed E-state index contributed by atoms with van der Waals surface area (Å²) in [6, 6.07) is 10.7. The third-order valence-electron chi connectivity index (χ3n) is 3.69. The first kappa shape index (κ1) is 14.7. The number of para-hydroxylation sites is 1. The summed E-state index contributed by atoms with van der Waals surface area (Å²) in [5.41, 5.74) is 0.938. The lowest BCUT2D eigenvalue weighted by Gasteiger charge is -2.08. The summed E-state index contributed by atoms with van der Waals surface area (Å²) in [7, 11) is 0. The van der Waals surface area contributed by atoms with Gasteiger partial charge in [-0.2, -0.15) is 0 Å². The number of furan rings is 1. The van der Waals surface area contributed by atoms with Crippen LogP contribution in [0, 0.1) is 0 Å². The van der Waals surface area contributed by atoms with E-state index in [0.717, 1.165) is 15.2 Å². The smallest absolute Gasteiger partial charge is 0.315 e. The number of rotatable bonds is 4. The van der Waals surface area contributed by atoms with Crippen molar-refractivity contribution < 1.29 is 14.0 Å². The first-order chi connectivity index (χ1) is 11.7. The Labute approximate surface area is 141 Å². The Morgan fingerprint density at radius 2 is 2.21 bits per heavy atom. The zero-order valence-electron chi connectivity index (χ0n) is 12.5. The van der Waals surface area contributed by atoms with Gasteiger partial charge >= 0.3 is 6.03 Å². The third kappa shape index (κ3) is 2.83. The second-order valence-electron chi connectivity index (χ2n) is 5.38. The number of fused-ring (bicyclic) bond motifs is 1. The molecule has 122 valence electrons. The maximum atomic E-state index is 11.9. The van der Waals surface area contributed by atoms with E-state index in [1.54, 1.807) is 11.3 Å². The highest BCUT2D eigenvalue weighted by Gasteiger charge is 2.26. The van der Waals surface area contributed by atoms with Gasteiger partial charge in [-0.25, -0.2) is 9.78 Å². The quantitative estimate of drug-likeness (QED) is 0.674. The minimum Gasteiger partial charge on any atom is -0.457 e. The van der Waals surface area contributed by atoms with E-state index in [1.165, 1.54) is 0 Å². The van der Waals surface area contributed by atoms with Crippen LogP contribution < -0.4 is 16.0 Å². The average molecular weight is 342 g/mol. The van der Waals surface area contributed by atoms with Crippen molar-refractivity contribution in [2.45, 2.75) is 12.6 Å². The number of aromatic nitrogens is 1. The molecule has 0 aliphatic carbocycles. The number of amides is 3. The minimum absolute atomic E-state index is 0.244. The molecule has 7 nitrogen and oxygen atoms in total. The van der Waals surface area contributed by atoms with Crippen LogP contribution in [0.5, 0.6) is 0 Å². The lowest BCUT2D eigenvalue weighted by molar-refractivity contribution is -0.122. The summed E-state index contributed by atoms with van der Waals surface area (Å²) < 4.78 is 6.86. The number of carbonyl (C=O) groups is 2. The van der Waals surface area contributed by atoms with E-state index in [0.29, 0.717) is 18.1 Å². The van der Waals surface area contributed by atoms with Crippen molar-refractivity contribution >= 4 is 33.5 Å². The molecule has 4 rings (SSSR count). The summed E-state index contributed by atoms with van der Waals surface area (Å²) in [6.45, 7) is 0.551. The molecule has 3 heterocycles. The lowest BCUT2D eigenvalue weighted by atomic mass is 10.3. The van der Waals surface area contributed by atoms with E-state index in [4.69, 9.17) is 4.42 Å². The Bertz CT molecular complexity index is 884. The van der Waals surface area contributed by atoms with Gasteiger partial charge in [-0.05, 0) is 24.3 Å². The number of hydrogen-bond acceptors (Lipinski definition) is 5. The van der Waals surface area contributed by atoms with Crippen LogP contribution in [-0.2, 0) is 11.3 Å². The number of urea groups is 1. The Kier molecular flexibility index (Phi) is 3.66. The van der Waals surface area contributed by atoms with Gasteiger partial charge in [0.25, 0.3) is 0 Å². The van der Waals surface area contributed by atoms with Gasteiger partial charge in [0.1, 0.15) is 11.8 Å². The van der Waals surface area contributed by atoms with Gasteiger partial charge in [0.05, 0.1) is 16.8 Å². The molecule has 1 aliphatic rings. The van der Waals surface area contributed by atoms with Gasteiger partial charge in [0.15, 0.2) is 10.8 Å². The maximum absolute atomic E-state index is 11.9. The first-order valence-electron chi connectivity index (χ1n) is 7.46. The van der Waals surface area contributed by atoms with E-state index >= 15 is 0 Å². The predicted octanol–water partition coefficient (Wildman–Crippen LogP) is 1.85. The standard InChI is InChI=1S/C16H14N4O3S/c21-14(11-8-18-16(22)20-11)17-7-9-5-6-12(23-9)15-19-10-3-1-2-4-13(10)24-15/h1-6,11H,7-8H2,(H,17,21)(H2,18,20,22). The van der Waals surface area contributed by atoms with Crippen LogP contribution in [0.25, 0.3) is 21.0 Å². The second-order valence-corrected chi connectivity index (χ2v) is 6.41. The van der Waals surface area contributed by atoms with E-state index in [-0.39, 0.29) is 18.5 Å². The van der Waals surface area contributed by atoms with Crippen LogP contribution in [0.4, 0.5) is 4.79 Å². The van der Waals surface area contributed by atoms with Crippen molar-refractivity contribution in [1.82, 2.24) is 20.9 Å². The molecular weight excluding hydrogens is 328 g/mol. The Morgan fingerprint density at radius 3 is 3.00 bits per heavy atom. The number of nitrogens with one attached hydrogen (secondary N) is 3. The van der Waals surface area contributed by atoms with Gasteiger partial charge in [-0.15, -0.1) is 11.3 Å². The van der Waals surface area contributed by atoms with Crippen molar-refractivity contribution in [3.05, 3.63) is 42.2 Å². The summed E-state index contributed by atoms with van der Waals surface area (Å²) in [6.07, 6.45) is 0. The number of carbonyl (C=O) groups excluding carboxylic acids is 2. The molecule has 1 atom stereocenters. The van der Waals surface area contributed by atoms with E-state index < -0.39 is 6.04 Å². The van der Waals surface area contributed by atoms with Crippen LogP contribution >= 0.6 is 11.3 Å². The van der Waals surface area contributed by atoms with Crippen LogP contribution in [-0.4, -0.2) is 29.5 Å². The largest absolute Gasteiger partial charge is 0.457 e. The highest BCUT2D eigenvalue weighted by Crippen LogP contribution is 2.31. The monoisotopic (exact) mass is 342 g/mol. The predicted molar refractivity (Wildman–Crippen MR) is 89.5 cm³/mol. The molecular formula is C16H14N4O3S. The van der Waals surface area contributed by atoms with Gasteiger partial charge in [-0.1, -0.05) is 12.1 Å². The first-order valence-corrected chi connectivity index (χ1v) is 8.27. The Hall–Kier alpha value is -2.87. The van der Waals surface area contributed by atoms with Crippen molar-refractivity contribution in [2.24, 2.45) is 0 Å². The van der Waals surface area contributed by atoms with E-state index in [2.05, 4.69) is 20.9 Å². The lowest BCUT2D eigenvalue weighted by Crippen LogP contribution is -2.42. The highest BCUT2D eigenvalue weighted by atomic mass is 32.1. The molecule has 1 aliphatic heterocycles. The van der Waals surface area contributed by atoms with Crippen LogP contribution in [0.15, 0.2) is 40.8 Å². The van der Waals surface area contributed by atoms with Crippen molar-refractivity contribution in [2.75, 3.05) is 6.54 Å². The number of thiazole rings is 1. The summed E-state index contributed by atoms with van der Waals surface area (Å²) >= 11 is 1.56. The molecule has 2 aromatic heterocycles. The minimum atomic E-state index is -0.545. The van der Waals surface area contributed by atoms with Crippen molar-refractivity contribution in [1.29, 1.82) is 0 Å². The molecule has 1 saturated heterocycles. The average Bonchev–Trinajstić information content (AvgIpc) is 3.31. The van der Waals surface area contributed by atoms with Crippen LogP contribution in [0.2, 0.25) is 0 Å². The topological polar surface area (TPSA) is 96.3 Å².